The normalized spacial score (nSPS) is 21.1. The number of aryl methyl sites for hydroxylation is 1. The highest BCUT2D eigenvalue weighted by Crippen LogP contribution is 2.07. The van der Waals surface area contributed by atoms with Gasteiger partial charge in [0, 0.05) is 32.1 Å². The fourth-order valence-corrected chi connectivity index (χ4v) is 1.82. The molecule has 1 aliphatic heterocycles. The predicted octanol–water partition coefficient (Wildman–Crippen LogP) is -0.199. The fraction of sp³-hybridized carbons (Fsp3) is 0.700. The van der Waals surface area contributed by atoms with Gasteiger partial charge in [0.15, 0.2) is 0 Å². The molecule has 2 heterocycles. The third kappa shape index (κ3) is 2.06. The van der Waals surface area contributed by atoms with Crippen molar-refractivity contribution in [3.63, 3.8) is 0 Å². The summed E-state index contributed by atoms with van der Waals surface area (Å²) in [5.74, 6) is 0.960. The highest BCUT2D eigenvalue weighted by atomic mass is 16.2. The van der Waals surface area contributed by atoms with E-state index in [-0.39, 0.29) is 17.8 Å². The average molecular weight is 223 g/mol. The van der Waals surface area contributed by atoms with Crippen molar-refractivity contribution in [2.24, 2.45) is 0 Å². The molecule has 0 unspecified atom stereocenters. The Hall–Kier alpha value is -1.43. The van der Waals surface area contributed by atoms with Gasteiger partial charge in [0.25, 0.3) is 5.91 Å². The maximum absolute atomic E-state index is 12.1. The van der Waals surface area contributed by atoms with Crippen LogP contribution in [0.3, 0.4) is 0 Å². The average Bonchev–Trinajstić information content (AvgIpc) is 2.77. The number of H-pyrrole nitrogens is 1. The van der Waals surface area contributed by atoms with Gasteiger partial charge in [-0.05, 0) is 6.92 Å². The van der Waals surface area contributed by atoms with Crippen molar-refractivity contribution in [2.45, 2.75) is 26.3 Å². The molecule has 6 heteroatoms. The van der Waals surface area contributed by atoms with Crippen molar-refractivity contribution < 1.29 is 4.79 Å². The van der Waals surface area contributed by atoms with Crippen LogP contribution in [0.25, 0.3) is 0 Å². The van der Waals surface area contributed by atoms with Crippen LogP contribution >= 0.6 is 0 Å². The molecule has 0 radical (unpaired) electrons. The van der Waals surface area contributed by atoms with Gasteiger partial charge in [-0.1, -0.05) is 6.92 Å². The van der Waals surface area contributed by atoms with Gasteiger partial charge < -0.3 is 10.2 Å². The number of carbonyl (C=O) groups excluding carboxylic acids is 1. The Balaban J connectivity index is 2.11. The van der Waals surface area contributed by atoms with Gasteiger partial charge in [-0.2, -0.15) is 0 Å². The van der Waals surface area contributed by atoms with Crippen LogP contribution in [0.15, 0.2) is 0 Å². The predicted molar refractivity (Wildman–Crippen MR) is 59.1 cm³/mol. The van der Waals surface area contributed by atoms with Gasteiger partial charge in [-0.3, -0.25) is 9.89 Å². The lowest BCUT2D eigenvalue weighted by Crippen LogP contribution is -2.52. The molecular formula is C10H17N5O. The molecule has 0 aliphatic carbocycles. The molecule has 1 fully saturated rings. The Labute approximate surface area is 94.4 Å². The second-order valence-electron chi connectivity index (χ2n) is 4.01. The number of aromatic amines is 1. The molecule has 16 heavy (non-hydrogen) atoms. The lowest BCUT2D eigenvalue weighted by atomic mass is 10.2. The van der Waals surface area contributed by atoms with Crippen LogP contribution in [0.4, 0.5) is 0 Å². The van der Waals surface area contributed by atoms with Crippen molar-refractivity contribution >= 4 is 5.91 Å². The van der Waals surface area contributed by atoms with E-state index in [2.05, 4.69) is 20.5 Å². The molecule has 1 atom stereocenters. The third-order valence-electron chi connectivity index (χ3n) is 2.82. The molecule has 0 bridgehead atoms. The van der Waals surface area contributed by atoms with E-state index in [1.54, 1.807) is 0 Å². The maximum Gasteiger partial charge on any atom is 0.293 e. The van der Waals surface area contributed by atoms with Gasteiger partial charge in [0.1, 0.15) is 5.82 Å². The van der Waals surface area contributed by atoms with E-state index in [0.29, 0.717) is 0 Å². The molecule has 1 aromatic rings. The van der Waals surface area contributed by atoms with Gasteiger partial charge in [0.05, 0.1) is 0 Å². The van der Waals surface area contributed by atoms with Gasteiger partial charge >= 0.3 is 0 Å². The zero-order valence-electron chi connectivity index (χ0n) is 9.66. The van der Waals surface area contributed by atoms with Gasteiger partial charge in [0.2, 0.25) is 5.82 Å². The van der Waals surface area contributed by atoms with Gasteiger partial charge in [-0.15, -0.1) is 5.10 Å². The quantitative estimate of drug-likeness (QED) is 0.728. The van der Waals surface area contributed by atoms with E-state index in [0.717, 1.165) is 31.9 Å². The van der Waals surface area contributed by atoms with Crippen LogP contribution in [0.5, 0.6) is 0 Å². The van der Waals surface area contributed by atoms with Crippen LogP contribution in [0.2, 0.25) is 0 Å². The number of hydrogen-bond donors (Lipinski definition) is 2. The van der Waals surface area contributed by atoms with Crippen molar-refractivity contribution in [2.75, 3.05) is 19.6 Å². The molecular weight excluding hydrogens is 206 g/mol. The first kappa shape index (κ1) is 11.1. The first-order valence-electron chi connectivity index (χ1n) is 5.65. The lowest BCUT2D eigenvalue weighted by Gasteiger charge is -2.33. The first-order valence-corrected chi connectivity index (χ1v) is 5.65. The minimum atomic E-state index is -0.0787. The van der Waals surface area contributed by atoms with Gasteiger partial charge in [-0.25, -0.2) is 4.98 Å². The zero-order valence-corrected chi connectivity index (χ0v) is 9.66. The highest BCUT2D eigenvalue weighted by molar-refractivity contribution is 5.90. The number of nitrogens with zero attached hydrogens (tertiary/aromatic N) is 3. The molecule has 2 rings (SSSR count). The number of nitrogens with one attached hydrogen (secondary N) is 2. The van der Waals surface area contributed by atoms with Crippen molar-refractivity contribution in [3.8, 4) is 0 Å². The molecule has 2 N–H and O–H groups in total. The summed E-state index contributed by atoms with van der Waals surface area (Å²) < 4.78 is 0. The summed E-state index contributed by atoms with van der Waals surface area (Å²) in [5.41, 5.74) is 0. The first-order chi connectivity index (χ1) is 7.72. The maximum atomic E-state index is 12.1. The number of amides is 1. The number of aromatic nitrogens is 3. The Morgan fingerprint density at radius 1 is 1.62 bits per heavy atom. The van der Waals surface area contributed by atoms with Crippen LogP contribution in [0.1, 0.15) is 30.3 Å². The minimum Gasteiger partial charge on any atom is -0.331 e. The molecule has 1 aromatic heterocycles. The van der Waals surface area contributed by atoms with E-state index in [1.165, 1.54) is 0 Å². The standard InChI is InChI=1S/C10H17N5O/c1-3-8-12-9(14-13-8)10(16)15-5-4-11-6-7(15)2/h7,11H,3-6H2,1-2H3,(H,12,13,14)/t7-/m0/s1. The number of piperazine rings is 1. The van der Waals surface area contributed by atoms with Crippen molar-refractivity contribution in [1.82, 2.24) is 25.4 Å². The minimum absolute atomic E-state index is 0.0787. The Morgan fingerprint density at radius 3 is 3.06 bits per heavy atom. The Bertz CT molecular complexity index is 375. The monoisotopic (exact) mass is 223 g/mol. The van der Waals surface area contributed by atoms with E-state index >= 15 is 0 Å². The summed E-state index contributed by atoms with van der Waals surface area (Å²) in [6.07, 6.45) is 0.761. The van der Waals surface area contributed by atoms with E-state index in [1.807, 2.05) is 18.7 Å². The summed E-state index contributed by atoms with van der Waals surface area (Å²) >= 11 is 0. The molecule has 0 aromatic carbocycles. The SMILES string of the molecule is CCc1nc(C(=O)N2CCNC[C@@H]2C)n[nH]1. The van der Waals surface area contributed by atoms with Crippen LogP contribution in [-0.4, -0.2) is 51.7 Å². The second kappa shape index (κ2) is 4.61. The van der Waals surface area contributed by atoms with E-state index in [4.69, 9.17) is 0 Å². The summed E-state index contributed by atoms with van der Waals surface area (Å²) in [4.78, 5) is 18.1. The fourth-order valence-electron chi connectivity index (χ4n) is 1.82. The molecule has 6 nitrogen and oxygen atoms in total. The zero-order chi connectivity index (χ0) is 11.5. The van der Waals surface area contributed by atoms with Crippen molar-refractivity contribution in [3.05, 3.63) is 11.6 Å². The summed E-state index contributed by atoms with van der Waals surface area (Å²) in [7, 11) is 0. The van der Waals surface area contributed by atoms with Crippen LogP contribution in [0, 0.1) is 0 Å². The van der Waals surface area contributed by atoms with E-state index < -0.39 is 0 Å². The summed E-state index contributed by atoms with van der Waals surface area (Å²) in [6.45, 7) is 6.38. The summed E-state index contributed by atoms with van der Waals surface area (Å²) in [5, 5.41) is 9.96. The number of hydrogen-bond acceptors (Lipinski definition) is 4. The summed E-state index contributed by atoms with van der Waals surface area (Å²) in [6, 6.07) is 0.199. The molecule has 0 saturated carbocycles. The number of rotatable bonds is 2. The Kier molecular flexibility index (Phi) is 3.19. The Morgan fingerprint density at radius 2 is 2.44 bits per heavy atom. The third-order valence-corrected chi connectivity index (χ3v) is 2.82. The topological polar surface area (TPSA) is 73.9 Å². The molecule has 1 aliphatic rings. The van der Waals surface area contributed by atoms with Crippen LogP contribution in [-0.2, 0) is 6.42 Å². The highest BCUT2D eigenvalue weighted by Gasteiger charge is 2.26. The molecule has 1 saturated heterocycles. The largest absolute Gasteiger partial charge is 0.331 e. The van der Waals surface area contributed by atoms with E-state index in [9.17, 15) is 4.79 Å². The molecule has 1 amide bonds. The number of carbonyl (C=O) groups is 1. The molecule has 88 valence electrons. The lowest BCUT2D eigenvalue weighted by molar-refractivity contribution is 0.0643. The van der Waals surface area contributed by atoms with Crippen LogP contribution < -0.4 is 5.32 Å². The molecule has 0 spiro atoms. The smallest absolute Gasteiger partial charge is 0.293 e. The van der Waals surface area contributed by atoms with Crippen molar-refractivity contribution in [1.29, 1.82) is 0 Å². The second-order valence-corrected chi connectivity index (χ2v) is 4.01.